The minimum atomic E-state index is 0.180. The number of likely N-dealkylation sites (tertiary alicyclic amines) is 1. The highest BCUT2D eigenvalue weighted by Crippen LogP contribution is 2.31. The van der Waals surface area contributed by atoms with Gasteiger partial charge in [0, 0.05) is 32.0 Å². The van der Waals surface area contributed by atoms with Gasteiger partial charge in [-0.1, -0.05) is 38.5 Å². The molecule has 0 radical (unpaired) electrons. The summed E-state index contributed by atoms with van der Waals surface area (Å²) in [7, 11) is 0. The van der Waals surface area contributed by atoms with Gasteiger partial charge < -0.3 is 9.47 Å². The van der Waals surface area contributed by atoms with Gasteiger partial charge in [-0.05, 0) is 18.1 Å². The number of benzene rings is 1. The number of para-hydroxylation sites is 2. The summed E-state index contributed by atoms with van der Waals surface area (Å²) in [6.07, 6.45) is 3.48. The predicted octanol–water partition coefficient (Wildman–Crippen LogP) is 3.58. The third-order valence-corrected chi connectivity index (χ3v) is 4.80. The van der Waals surface area contributed by atoms with Crippen LogP contribution >= 0.6 is 0 Å². The molecule has 23 heavy (non-hydrogen) atoms. The van der Waals surface area contributed by atoms with Gasteiger partial charge in [0.05, 0.1) is 11.0 Å². The van der Waals surface area contributed by atoms with Crippen LogP contribution in [0.2, 0.25) is 0 Å². The summed E-state index contributed by atoms with van der Waals surface area (Å²) in [4.78, 5) is 18.9. The molecule has 0 N–H and O–H groups in total. The number of amides is 1. The van der Waals surface area contributed by atoms with E-state index in [9.17, 15) is 4.79 Å². The van der Waals surface area contributed by atoms with Crippen molar-refractivity contribution in [2.75, 3.05) is 13.1 Å². The first kappa shape index (κ1) is 15.8. The highest BCUT2D eigenvalue weighted by Gasteiger charge is 2.33. The molecule has 2 heterocycles. The zero-order chi connectivity index (χ0) is 16.4. The topological polar surface area (TPSA) is 38.1 Å². The van der Waals surface area contributed by atoms with Crippen molar-refractivity contribution < 1.29 is 4.79 Å². The lowest BCUT2D eigenvalue weighted by molar-refractivity contribution is -0.127. The lowest BCUT2D eigenvalue weighted by Gasteiger charge is -2.17. The summed E-state index contributed by atoms with van der Waals surface area (Å²) in [6.45, 7) is 10.6. The molecule has 1 aliphatic rings. The number of nitrogens with zero attached hydrogens (tertiary/aromatic N) is 3. The van der Waals surface area contributed by atoms with Crippen LogP contribution in [-0.4, -0.2) is 33.4 Å². The molecule has 0 aliphatic carbocycles. The fourth-order valence-corrected chi connectivity index (χ4v) is 3.32. The van der Waals surface area contributed by atoms with Crippen LogP contribution < -0.4 is 0 Å². The summed E-state index contributed by atoms with van der Waals surface area (Å²) in [5.41, 5.74) is 2.21. The van der Waals surface area contributed by atoms with E-state index in [1.807, 2.05) is 11.0 Å². The zero-order valence-corrected chi connectivity index (χ0v) is 14.0. The lowest BCUT2D eigenvalue weighted by atomic mass is 10.1. The molecule has 1 amide bonds. The molecule has 0 saturated carbocycles. The van der Waals surface area contributed by atoms with Crippen molar-refractivity contribution in [1.82, 2.24) is 14.5 Å². The average Bonchev–Trinajstić information content (AvgIpc) is 3.09. The molecule has 2 atom stereocenters. The first-order valence-corrected chi connectivity index (χ1v) is 8.47. The van der Waals surface area contributed by atoms with Crippen molar-refractivity contribution >= 4 is 16.9 Å². The Morgan fingerprint density at radius 1 is 1.43 bits per heavy atom. The Bertz CT molecular complexity index is 718. The fraction of sp³-hybridized carbons (Fsp3) is 0.474. The average molecular weight is 311 g/mol. The van der Waals surface area contributed by atoms with Gasteiger partial charge in [-0.25, -0.2) is 4.98 Å². The summed E-state index contributed by atoms with van der Waals surface area (Å²) >= 11 is 0. The fourth-order valence-electron chi connectivity index (χ4n) is 3.32. The SMILES string of the molecule is C=CCN1C[C@@H](c2nc3ccccc3n2C[C@@H](C)CC)CC1=O. The van der Waals surface area contributed by atoms with Gasteiger partial charge in [0.15, 0.2) is 0 Å². The first-order chi connectivity index (χ1) is 11.1. The lowest BCUT2D eigenvalue weighted by Crippen LogP contribution is -2.25. The smallest absolute Gasteiger partial charge is 0.223 e. The second-order valence-electron chi connectivity index (χ2n) is 6.57. The van der Waals surface area contributed by atoms with Crippen molar-refractivity contribution in [3.8, 4) is 0 Å². The minimum Gasteiger partial charge on any atom is -0.338 e. The van der Waals surface area contributed by atoms with Gasteiger partial charge in [0.1, 0.15) is 5.82 Å². The second kappa shape index (κ2) is 6.57. The summed E-state index contributed by atoms with van der Waals surface area (Å²) in [6, 6.07) is 8.28. The zero-order valence-electron chi connectivity index (χ0n) is 14.0. The molecular weight excluding hydrogens is 286 g/mol. The van der Waals surface area contributed by atoms with Crippen molar-refractivity contribution in [1.29, 1.82) is 0 Å². The molecule has 3 rings (SSSR count). The number of imidazole rings is 1. The summed E-state index contributed by atoms with van der Waals surface area (Å²) in [5.74, 6) is 2.04. The van der Waals surface area contributed by atoms with Gasteiger partial charge in [-0.15, -0.1) is 6.58 Å². The number of carbonyl (C=O) groups excluding carboxylic acids is 1. The Morgan fingerprint density at radius 3 is 2.96 bits per heavy atom. The van der Waals surface area contributed by atoms with Gasteiger partial charge in [-0.2, -0.15) is 0 Å². The standard InChI is InChI=1S/C19H25N3O/c1-4-10-21-13-15(11-18(21)23)19-20-16-8-6-7-9-17(16)22(19)12-14(3)5-2/h4,6-9,14-15H,1,5,10-13H2,2-3H3/t14-,15-/m0/s1. The van der Waals surface area contributed by atoms with E-state index >= 15 is 0 Å². The molecule has 0 unspecified atom stereocenters. The highest BCUT2D eigenvalue weighted by atomic mass is 16.2. The number of fused-ring (bicyclic) bond motifs is 1. The Labute approximate surface area is 137 Å². The normalized spacial score (nSPS) is 19.5. The van der Waals surface area contributed by atoms with Gasteiger partial charge in [-0.3, -0.25) is 4.79 Å². The van der Waals surface area contributed by atoms with E-state index in [1.165, 1.54) is 5.52 Å². The van der Waals surface area contributed by atoms with Gasteiger partial charge in [0.25, 0.3) is 0 Å². The Morgan fingerprint density at radius 2 is 2.22 bits per heavy atom. The molecule has 1 aromatic carbocycles. The third-order valence-electron chi connectivity index (χ3n) is 4.80. The minimum absolute atomic E-state index is 0.180. The molecule has 1 aliphatic heterocycles. The van der Waals surface area contributed by atoms with Crippen molar-refractivity contribution in [3.63, 3.8) is 0 Å². The largest absolute Gasteiger partial charge is 0.338 e. The maximum Gasteiger partial charge on any atom is 0.223 e. The van der Waals surface area contributed by atoms with Gasteiger partial charge >= 0.3 is 0 Å². The van der Waals surface area contributed by atoms with Crippen LogP contribution in [-0.2, 0) is 11.3 Å². The van der Waals surface area contributed by atoms with E-state index in [2.05, 4.69) is 43.2 Å². The maximum atomic E-state index is 12.2. The molecule has 4 nitrogen and oxygen atoms in total. The molecule has 0 bridgehead atoms. The monoisotopic (exact) mass is 311 g/mol. The van der Waals surface area contributed by atoms with E-state index in [0.717, 1.165) is 30.9 Å². The van der Waals surface area contributed by atoms with E-state index in [1.54, 1.807) is 6.08 Å². The van der Waals surface area contributed by atoms with Crippen molar-refractivity contribution in [2.45, 2.75) is 39.2 Å². The number of hydrogen-bond donors (Lipinski definition) is 0. The number of rotatable bonds is 6. The molecule has 2 aromatic rings. The second-order valence-corrected chi connectivity index (χ2v) is 6.57. The van der Waals surface area contributed by atoms with Crippen molar-refractivity contribution in [3.05, 3.63) is 42.7 Å². The van der Waals surface area contributed by atoms with Crippen LogP contribution in [0.4, 0.5) is 0 Å². The molecule has 122 valence electrons. The first-order valence-electron chi connectivity index (χ1n) is 8.47. The Hall–Kier alpha value is -2.10. The van der Waals surface area contributed by atoms with Crippen LogP contribution in [0.1, 0.15) is 38.4 Å². The van der Waals surface area contributed by atoms with E-state index in [4.69, 9.17) is 4.98 Å². The van der Waals surface area contributed by atoms with E-state index in [0.29, 0.717) is 18.9 Å². The molecule has 4 heteroatoms. The van der Waals surface area contributed by atoms with Crippen LogP contribution in [0.3, 0.4) is 0 Å². The predicted molar refractivity (Wildman–Crippen MR) is 93.3 cm³/mol. The molecule has 0 spiro atoms. The van der Waals surface area contributed by atoms with E-state index in [-0.39, 0.29) is 11.8 Å². The van der Waals surface area contributed by atoms with Crippen LogP contribution in [0, 0.1) is 5.92 Å². The van der Waals surface area contributed by atoms with Crippen LogP contribution in [0.5, 0.6) is 0 Å². The molecule has 1 aromatic heterocycles. The molecular formula is C19H25N3O. The summed E-state index contributed by atoms with van der Waals surface area (Å²) < 4.78 is 2.33. The number of aromatic nitrogens is 2. The highest BCUT2D eigenvalue weighted by molar-refractivity contribution is 5.81. The molecule has 1 saturated heterocycles. The summed E-state index contributed by atoms with van der Waals surface area (Å²) in [5, 5.41) is 0. The molecule has 1 fully saturated rings. The van der Waals surface area contributed by atoms with E-state index < -0.39 is 0 Å². The maximum absolute atomic E-state index is 12.2. The quantitative estimate of drug-likeness (QED) is 0.765. The van der Waals surface area contributed by atoms with Crippen molar-refractivity contribution in [2.24, 2.45) is 5.92 Å². The Kier molecular flexibility index (Phi) is 4.51. The third kappa shape index (κ3) is 3.03. The number of carbonyl (C=O) groups is 1. The number of hydrogen-bond acceptors (Lipinski definition) is 2. The van der Waals surface area contributed by atoms with Crippen LogP contribution in [0.15, 0.2) is 36.9 Å². The van der Waals surface area contributed by atoms with Crippen LogP contribution in [0.25, 0.3) is 11.0 Å². The van der Waals surface area contributed by atoms with Gasteiger partial charge in [0.2, 0.25) is 5.91 Å². The Balaban J connectivity index is 1.98.